The van der Waals surface area contributed by atoms with Crippen LogP contribution in [-0.2, 0) is 14.6 Å². The lowest BCUT2D eigenvalue weighted by atomic mass is 10.3. The Morgan fingerprint density at radius 2 is 1.79 bits per heavy atom. The Balaban J connectivity index is 2.52. The quantitative estimate of drug-likeness (QED) is 0.794. The summed E-state index contributed by atoms with van der Waals surface area (Å²) in [5.41, 5.74) is 0.805. The van der Waals surface area contributed by atoms with Crippen LogP contribution >= 0.6 is 0 Å². The Labute approximate surface area is 114 Å². The number of hydrogen-bond donors (Lipinski definition) is 2. The number of anilines is 1. The van der Waals surface area contributed by atoms with Crippen molar-refractivity contribution in [2.75, 3.05) is 24.2 Å². The van der Waals surface area contributed by atoms with Crippen molar-refractivity contribution < 1.29 is 13.2 Å². The van der Waals surface area contributed by atoms with Gasteiger partial charge < -0.3 is 10.6 Å². The van der Waals surface area contributed by atoms with E-state index in [1.807, 2.05) is 6.92 Å². The minimum Gasteiger partial charge on any atom is -0.385 e. The molecule has 2 N–H and O–H groups in total. The Morgan fingerprint density at radius 1 is 1.16 bits per heavy atom. The van der Waals surface area contributed by atoms with Gasteiger partial charge in [0.05, 0.1) is 10.6 Å². The van der Waals surface area contributed by atoms with E-state index in [2.05, 4.69) is 10.6 Å². The number of amides is 1. The molecule has 0 heterocycles. The first-order chi connectivity index (χ1) is 8.99. The van der Waals surface area contributed by atoms with Crippen molar-refractivity contribution in [3.8, 4) is 0 Å². The first-order valence-electron chi connectivity index (χ1n) is 6.33. The van der Waals surface area contributed by atoms with E-state index in [9.17, 15) is 13.2 Å². The van der Waals surface area contributed by atoms with Crippen LogP contribution in [0.3, 0.4) is 0 Å². The minimum absolute atomic E-state index is 0.000168. The van der Waals surface area contributed by atoms with Crippen LogP contribution in [0.1, 0.15) is 20.3 Å². The fourth-order valence-corrected chi connectivity index (χ4v) is 2.44. The Hall–Kier alpha value is -1.56. The van der Waals surface area contributed by atoms with Crippen LogP contribution < -0.4 is 10.6 Å². The lowest BCUT2D eigenvalue weighted by Gasteiger charge is -2.07. The van der Waals surface area contributed by atoms with Gasteiger partial charge in [0.15, 0.2) is 9.84 Å². The van der Waals surface area contributed by atoms with Gasteiger partial charge in [-0.25, -0.2) is 8.42 Å². The van der Waals surface area contributed by atoms with Gasteiger partial charge in [-0.05, 0) is 31.2 Å². The fraction of sp³-hybridized carbons (Fsp3) is 0.462. The molecular formula is C13H20N2O3S. The van der Waals surface area contributed by atoms with Crippen molar-refractivity contribution in [3.05, 3.63) is 24.3 Å². The van der Waals surface area contributed by atoms with Crippen LogP contribution in [0.25, 0.3) is 0 Å². The second kappa shape index (κ2) is 7.13. The molecular weight excluding hydrogens is 264 g/mol. The van der Waals surface area contributed by atoms with E-state index >= 15 is 0 Å². The van der Waals surface area contributed by atoms with E-state index in [4.69, 9.17) is 0 Å². The van der Waals surface area contributed by atoms with Crippen molar-refractivity contribution >= 4 is 21.4 Å². The monoisotopic (exact) mass is 284 g/mol. The normalized spacial score (nSPS) is 11.1. The predicted molar refractivity (Wildman–Crippen MR) is 76.0 cm³/mol. The zero-order chi connectivity index (χ0) is 14.3. The number of carbonyl (C=O) groups excluding carboxylic acids is 1. The van der Waals surface area contributed by atoms with Crippen LogP contribution in [0.2, 0.25) is 0 Å². The number of nitrogens with one attached hydrogen (secondary N) is 2. The molecule has 1 amide bonds. The molecule has 0 atom stereocenters. The fourth-order valence-electron chi connectivity index (χ4n) is 1.55. The van der Waals surface area contributed by atoms with Gasteiger partial charge in [0.1, 0.15) is 0 Å². The molecule has 5 nitrogen and oxygen atoms in total. The Kier molecular flexibility index (Phi) is 5.82. The smallest absolute Gasteiger partial charge is 0.221 e. The topological polar surface area (TPSA) is 75.3 Å². The lowest BCUT2D eigenvalue weighted by Crippen LogP contribution is -2.24. The predicted octanol–water partition coefficient (Wildman–Crippen LogP) is 1.42. The maximum Gasteiger partial charge on any atom is 0.221 e. The highest BCUT2D eigenvalue weighted by molar-refractivity contribution is 7.91. The van der Waals surface area contributed by atoms with E-state index in [1.54, 1.807) is 31.2 Å². The summed E-state index contributed by atoms with van der Waals surface area (Å²) in [7, 11) is -3.15. The number of rotatable bonds is 7. The molecule has 0 saturated heterocycles. The molecule has 6 heteroatoms. The molecule has 19 heavy (non-hydrogen) atoms. The van der Waals surface area contributed by atoms with Gasteiger partial charge in [-0.15, -0.1) is 0 Å². The summed E-state index contributed by atoms with van der Waals surface area (Å²) in [5.74, 6) is 0.0944. The molecule has 1 aromatic rings. The van der Waals surface area contributed by atoms with Crippen molar-refractivity contribution in [1.29, 1.82) is 0 Å². The van der Waals surface area contributed by atoms with Crippen LogP contribution in [-0.4, -0.2) is 33.2 Å². The number of sulfone groups is 1. The van der Waals surface area contributed by atoms with E-state index in [-0.39, 0.29) is 11.7 Å². The summed E-state index contributed by atoms with van der Waals surface area (Å²) in [5, 5.41) is 5.79. The first-order valence-corrected chi connectivity index (χ1v) is 7.98. The third kappa shape index (κ3) is 4.90. The highest BCUT2D eigenvalue weighted by atomic mass is 32.2. The van der Waals surface area contributed by atoms with Gasteiger partial charge in [-0.3, -0.25) is 4.79 Å². The number of benzene rings is 1. The minimum atomic E-state index is -3.15. The zero-order valence-corrected chi connectivity index (χ0v) is 12.1. The average Bonchev–Trinajstić information content (AvgIpc) is 2.40. The van der Waals surface area contributed by atoms with Crippen molar-refractivity contribution in [2.45, 2.75) is 25.2 Å². The Bertz CT molecular complexity index is 509. The molecule has 0 saturated carbocycles. The lowest BCUT2D eigenvalue weighted by molar-refractivity contribution is -0.120. The van der Waals surface area contributed by atoms with Crippen LogP contribution in [0.5, 0.6) is 0 Å². The Morgan fingerprint density at radius 3 is 2.32 bits per heavy atom. The molecule has 0 radical (unpaired) electrons. The molecule has 0 aliphatic carbocycles. The van der Waals surface area contributed by atoms with E-state index in [0.29, 0.717) is 24.4 Å². The second-order valence-electron chi connectivity index (χ2n) is 4.06. The van der Waals surface area contributed by atoms with Crippen LogP contribution in [0.15, 0.2) is 29.2 Å². The van der Waals surface area contributed by atoms with Gasteiger partial charge in [0.2, 0.25) is 5.91 Å². The average molecular weight is 284 g/mol. The van der Waals surface area contributed by atoms with Crippen molar-refractivity contribution in [2.24, 2.45) is 0 Å². The standard InChI is InChI=1S/C13H20N2O3S/c1-3-14-13(16)9-10-15-11-5-7-12(8-6-11)19(17,18)4-2/h5-8,15H,3-4,9-10H2,1-2H3,(H,14,16). The summed E-state index contributed by atoms with van der Waals surface area (Å²) >= 11 is 0. The largest absolute Gasteiger partial charge is 0.385 e. The van der Waals surface area contributed by atoms with E-state index < -0.39 is 9.84 Å². The molecule has 1 aromatic carbocycles. The molecule has 1 rings (SSSR count). The van der Waals surface area contributed by atoms with Gasteiger partial charge in [0, 0.05) is 25.2 Å². The molecule has 0 spiro atoms. The third-order valence-corrected chi connectivity index (χ3v) is 4.40. The molecule has 106 valence electrons. The highest BCUT2D eigenvalue weighted by Gasteiger charge is 2.10. The highest BCUT2D eigenvalue weighted by Crippen LogP contribution is 2.15. The molecule has 0 unspecified atom stereocenters. The summed E-state index contributed by atoms with van der Waals surface area (Å²) < 4.78 is 23.2. The molecule has 0 aliphatic rings. The van der Waals surface area contributed by atoms with Crippen LogP contribution in [0.4, 0.5) is 5.69 Å². The van der Waals surface area contributed by atoms with Crippen LogP contribution in [0, 0.1) is 0 Å². The first kappa shape index (κ1) is 15.5. The molecule has 0 bridgehead atoms. The summed E-state index contributed by atoms with van der Waals surface area (Å²) in [6.07, 6.45) is 0.392. The third-order valence-electron chi connectivity index (χ3n) is 2.65. The summed E-state index contributed by atoms with van der Waals surface area (Å²) in [4.78, 5) is 11.6. The van der Waals surface area contributed by atoms with Crippen molar-refractivity contribution in [3.63, 3.8) is 0 Å². The maximum atomic E-state index is 11.6. The number of carbonyl (C=O) groups is 1. The molecule has 0 aliphatic heterocycles. The van der Waals surface area contributed by atoms with Gasteiger partial charge >= 0.3 is 0 Å². The van der Waals surface area contributed by atoms with E-state index in [1.165, 1.54) is 0 Å². The SMILES string of the molecule is CCNC(=O)CCNc1ccc(S(=O)(=O)CC)cc1. The van der Waals surface area contributed by atoms with Crippen molar-refractivity contribution in [1.82, 2.24) is 5.32 Å². The van der Waals surface area contributed by atoms with Gasteiger partial charge in [-0.1, -0.05) is 6.92 Å². The second-order valence-corrected chi connectivity index (χ2v) is 6.34. The molecule has 0 aromatic heterocycles. The molecule has 0 fully saturated rings. The summed E-state index contributed by atoms with van der Waals surface area (Å²) in [6, 6.07) is 6.57. The zero-order valence-electron chi connectivity index (χ0n) is 11.3. The number of hydrogen-bond acceptors (Lipinski definition) is 4. The summed E-state index contributed by atoms with van der Waals surface area (Å²) in [6.45, 7) is 4.64. The van der Waals surface area contributed by atoms with Gasteiger partial charge in [-0.2, -0.15) is 0 Å². The maximum absolute atomic E-state index is 11.6. The van der Waals surface area contributed by atoms with Gasteiger partial charge in [0.25, 0.3) is 0 Å². The van der Waals surface area contributed by atoms with E-state index in [0.717, 1.165) is 5.69 Å².